The zero-order valence-electron chi connectivity index (χ0n) is 15.5. The zero-order valence-corrected chi connectivity index (χ0v) is 15.5. The van der Waals surface area contributed by atoms with E-state index in [0.717, 1.165) is 27.8 Å². The molecule has 0 saturated heterocycles. The van der Waals surface area contributed by atoms with Crippen molar-refractivity contribution in [2.45, 2.75) is 44.6 Å². The van der Waals surface area contributed by atoms with Gasteiger partial charge < -0.3 is 15.3 Å². The van der Waals surface area contributed by atoms with Gasteiger partial charge in [0.1, 0.15) is 6.17 Å². The Morgan fingerprint density at radius 3 is 2.71 bits per heavy atom. The van der Waals surface area contributed by atoms with Gasteiger partial charge in [-0.05, 0) is 47.1 Å². The van der Waals surface area contributed by atoms with Crippen LogP contribution in [0.3, 0.4) is 0 Å². The van der Waals surface area contributed by atoms with Crippen LogP contribution in [-0.4, -0.2) is 34.5 Å². The molecule has 5 nitrogen and oxygen atoms in total. The molecule has 2 amide bonds. The van der Waals surface area contributed by atoms with Crippen LogP contribution < -0.4 is 5.32 Å². The predicted molar refractivity (Wildman–Crippen MR) is 102 cm³/mol. The number of hydrogen-bond donors (Lipinski definition) is 2. The van der Waals surface area contributed by atoms with Gasteiger partial charge in [0.2, 0.25) is 0 Å². The number of aryl methyl sites for hydroxylation is 1. The van der Waals surface area contributed by atoms with Crippen molar-refractivity contribution in [1.29, 1.82) is 0 Å². The maximum absolute atomic E-state index is 14.5. The summed E-state index contributed by atoms with van der Waals surface area (Å²) in [7, 11) is 0. The third kappa shape index (κ3) is 3.40. The molecular formula is C22H23FN2O3. The van der Waals surface area contributed by atoms with Gasteiger partial charge in [-0.3, -0.25) is 9.59 Å². The van der Waals surface area contributed by atoms with E-state index in [1.54, 1.807) is 6.07 Å². The Morgan fingerprint density at radius 1 is 1.11 bits per heavy atom. The molecule has 2 N–H and O–H groups in total. The van der Waals surface area contributed by atoms with Crippen LogP contribution in [0, 0.1) is 0 Å². The average molecular weight is 382 g/mol. The Hall–Kier alpha value is -2.73. The minimum absolute atomic E-state index is 0.111. The number of benzene rings is 2. The summed E-state index contributed by atoms with van der Waals surface area (Å²) >= 11 is 0. The monoisotopic (exact) mass is 382 g/mol. The summed E-state index contributed by atoms with van der Waals surface area (Å²) in [5.74, 6) is -1.44. The van der Waals surface area contributed by atoms with Crippen molar-refractivity contribution in [2.75, 3.05) is 6.54 Å². The first-order valence-corrected chi connectivity index (χ1v) is 9.60. The highest BCUT2D eigenvalue weighted by molar-refractivity contribution is 6.35. The van der Waals surface area contributed by atoms with E-state index in [2.05, 4.69) is 5.32 Å². The van der Waals surface area contributed by atoms with E-state index in [4.69, 9.17) is 0 Å². The van der Waals surface area contributed by atoms with E-state index in [1.165, 1.54) is 4.90 Å². The van der Waals surface area contributed by atoms with Crippen LogP contribution in [-0.2, 0) is 35.6 Å². The number of aliphatic hydroxyl groups is 1. The molecule has 0 spiro atoms. The summed E-state index contributed by atoms with van der Waals surface area (Å²) < 4.78 is 14.5. The maximum Gasteiger partial charge on any atom is 0.312 e. The lowest BCUT2D eigenvalue weighted by Gasteiger charge is -2.32. The minimum Gasteiger partial charge on any atom is -0.392 e. The lowest BCUT2D eigenvalue weighted by atomic mass is 9.86. The van der Waals surface area contributed by atoms with Gasteiger partial charge in [-0.15, -0.1) is 0 Å². The SMILES string of the molecule is O=C(NC1c2ccccc2CCC1F)C(=O)N1CCc2cccc(CO)c2C1. The molecule has 6 heteroatoms. The van der Waals surface area contributed by atoms with Crippen LogP contribution >= 0.6 is 0 Å². The molecule has 1 heterocycles. The first-order chi connectivity index (χ1) is 13.6. The van der Waals surface area contributed by atoms with E-state index >= 15 is 0 Å². The minimum atomic E-state index is -1.21. The van der Waals surface area contributed by atoms with Gasteiger partial charge in [0.15, 0.2) is 0 Å². The molecular weight excluding hydrogens is 359 g/mol. The third-order valence-corrected chi connectivity index (χ3v) is 5.75. The third-order valence-electron chi connectivity index (χ3n) is 5.75. The van der Waals surface area contributed by atoms with Crippen molar-refractivity contribution in [3.63, 3.8) is 0 Å². The van der Waals surface area contributed by atoms with Crippen LogP contribution in [0.2, 0.25) is 0 Å². The van der Waals surface area contributed by atoms with Crippen molar-refractivity contribution < 1.29 is 19.1 Å². The molecule has 2 atom stereocenters. The first kappa shape index (κ1) is 18.6. The van der Waals surface area contributed by atoms with Gasteiger partial charge in [0, 0.05) is 13.1 Å². The number of alkyl halides is 1. The smallest absolute Gasteiger partial charge is 0.312 e. The second kappa shape index (κ2) is 7.72. The van der Waals surface area contributed by atoms with Crippen molar-refractivity contribution in [2.24, 2.45) is 0 Å². The highest BCUT2D eigenvalue weighted by atomic mass is 19.1. The molecule has 0 fully saturated rings. The molecule has 0 saturated carbocycles. The van der Waals surface area contributed by atoms with Gasteiger partial charge in [0.05, 0.1) is 12.6 Å². The topological polar surface area (TPSA) is 69.6 Å². The number of halogens is 1. The quantitative estimate of drug-likeness (QED) is 0.783. The summed E-state index contributed by atoms with van der Waals surface area (Å²) in [5, 5.41) is 12.2. The molecule has 0 radical (unpaired) electrons. The standard InChI is InChI=1S/C22H23FN2O3/c23-19-9-8-14-4-1-2-7-17(14)20(19)24-21(27)22(28)25-11-10-15-5-3-6-16(13-26)18(15)12-25/h1-7,19-20,26H,8-13H2,(H,24,27). The van der Waals surface area contributed by atoms with Gasteiger partial charge in [0.25, 0.3) is 0 Å². The molecule has 2 aromatic rings. The Balaban J connectivity index is 1.50. The molecule has 146 valence electrons. The molecule has 4 rings (SSSR count). The number of carbonyl (C=O) groups is 2. The van der Waals surface area contributed by atoms with Gasteiger partial charge in [-0.2, -0.15) is 0 Å². The van der Waals surface area contributed by atoms with Crippen LogP contribution in [0.15, 0.2) is 42.5 Å². The van der Waals surface area contributed by atoms with E-state index in [0.29, 0.717) is 25.8 Å². The summed E-state index contributed by atoms with van der Waals surface area (Å²) in [6.45, 7) is 0.590. The Morgan fingerprint density at radius 2 is 1.89 bits per heavy atom. The van der Waals surface area contributed by atoms with E-state index in [-0.39, 0.29) is 13.2 Å². The maximum atomic E-state index is 14.5. The predicted octanol–water partition coefficient (Wildman–Crippen LogP) is 2.21. The highest BCUT2D eigenvalue weighted by Gasteiger charge is 2.34. The lowest BCUT2D eigenvalue weighted by Crippen LogP contribution is -2.48. The Bertz CT molecular complexity index is 900. The number of carbonyl (C=O) groups excluding carboxylic acids is 2. The molecule has 0 aromatic heterocycles. The number of nitrogens with zero attached hydrogens (tertiary/aromatic N) is 1. The number of hydrogen-bond acceptors (Lipinski definition) is 3. The molecule has 0 bridgehead atoms. The second-order valence-electron chi connectivity index (χ2n) is 7.39. The molecule has 2 aromatic carbocycles. The van der Waals surface area contributed by atoms with E-state index in [1.807, 2.05) is 36.4 Å². The van der Waals surface area contributed by atoms with Crippen molar-refractivity contribution in [1.82, 2.24) is 10.2 Å². The fraction of sp³-hybridized carbons (Fsp3) is 0.364. The number of fused-ring (bicyclic) bond motifs is 2. The lowest BCUT2D eigenvalue weighted by molar-refractivity contribution is -0.147. The Kier molecular flexibility index (Phi) is 5.13. The van der Waals surface area contributed by atoms with Crippen LogP contribution in [0.25, 0.3) is 0 Å². The number of aliphatic hydroxyl groups excluding tert-OH is 1. The van der Waals surface area contributed by atoms with Crippen molar-refractivity contribution in [3.8, 4) is 0 Å². The van der Waals surface area contributed by atoms with Gasteiger partial charge in [-0.1, -0.05) is 42.5 Å². The largest absolute Gasteiger partial charge is 0.392 e. The first-order valence-electron chi connectivity index (χ1n) is 9.60. The Labute approximate surface area is 163 Å². The fourth-order valence-electron chi connectivity index (χ4n) is 4.21. The van der Waals surface area contributed by atoms with Gasteiger partial charge in [-0.25, -0.2) is 4.39 Å². The van der Waals surface area contributed by atoms with Crippen molar-refractivity contribution >= 4 is 11.8 Å². The molecule has 1 aliphatic carbocycles. The number of nitrogens with one attached hydrogen (secondary N) is 1. The van der Waals surface area contributed by atoms with E-state index in [9.17, 15) is 19.1 Å². The van der Waals surface area contributed by atoms with Crippen molar-refractivity contribution in [3.05, 3.63) is 70.3 Å². The van der Waals surface area contributed by atoms with Crippen LogP contribution in [0.1, 0.15) is 40.3 Å². The highest BCUT2D eigenvalue weighted by Crippen LogP contribution is 2.32. The average Bonchev–Trinajstić information content (AvgIpc) is 2.74. The van der Waals surface area contributed by atoms with Crippen LogP contribution in [0.5, 0.6) is 0 Å². The number of rotatable bonds is 2. The molecule has 28 heavy (non-hydrogen) atoms. The molecule has 2 unspecified atom stereocenters. The van der Waals surface area contributed by atoms with Gasteiger partial charge >= 0.3 is 11.8 Å². The van der Waals surface area contributed by atoms with Crippen LogP contribution in [0.4, 0.5) is 4.39 Å². The summed E-state index contributed by atoms with van der Waals surface area (Å²) in [5.41, 5.74) is 4.49. The second-order valence-corrected chi connectivity index (χ2v) is 7.39. The summed E-state index contributed by atoms with van der Waals surface area (Å²) in [6, 6.07) is 12.3. The van der Waals surface area contributed by atoms with E-state index < -0.39 is 24.0 Å². The summed E-state index contributed by atoms with van der Waals surface area (Å²) in [4.78, 5) is 26.8. The number of amides is 2. The summed E-state index contributed by atoms with van der Waals surface area (Å²) in [6.07, 6.45) is 0.368. The fourth-order valence-corrected chi connectivity index (χ4v) is 4.21. The zero-order chi connectivity index (χ0) is 19.7. The normalized spacial score (nSPS) is 20.9. The molecule has 2 aliphatic rings. The molecule has 1 aliphatic heterocycles.